The van der Waals surface area contributed by atoms with Crippen LogP contribution in [0.3, 0.4) is 0 Å². The average molecular weight is 381 g/mol. The fourth-order valence-electron chi connectivity index (χ4n) is 2.87. The van der Waals surface area contributed by atoms with Crippen LogP contribution in [0.1, 0.15) is 42.2 Å². The Kier molecular flexibility index (Phi) is 6.27. The summed E-state index contributed by atoms with van der Waals surface area (Å²) in [6.07, 6.45) is 0.600. The summed E-state index contributed by atoms with van der Waals surface area (Å²) in [7, 11) is 1.28. The highest BCUT2D eigenvalue weighted by atomic mass is 19.1. The van der Waals surface area contributed by atoms with Crippen molar-refractivity contribution in [1.82, 2.24) is 9.13 Å². The molecule has 4 N–H and O–H groups in total. The smallest absolute Gasteiger partial charge is 0.332 e. The first-order valence-electron chi connectivity index (χ1n) is 8.59. The molecular weight excluding hydrogens is 358 g/mol. The van der Waals surface area contributed by atoms with Gasteiger partial charge >= 0.3 is 5.69 Å². The fraction of sp³-hybridized carbons (Fsp3) is 0.389. The molecule has 0 aliphatic heterocycles. The average Bonchev–Trinajstić information content (AvgIpc) is 2.61. The standard InChI is InChI=1S/C18H22F2N4O3/c1-4-7-24-16(21)15(17(26)23(3)18(24)27)14(25)9-22-10(2)12-6-5-11(19)8-13(12)20/h5-6,8,10,22H,4,7,9,21H2,1-3H3/p+1/t10-/m0/s1. The van der Waals surface area contributed by atoms with Crippen LogP contribution in [0, 0.1) is 11.6 Å². The van der Waals surface area contributed by atoms with Crippen LogP contribution >= 0.6 is 0 Å². The van der Waals surface area contributed by atoms with E-state index >= 15 is 0 Å². The Morgan fingerprint density at radius 3 is 2.56 bits per heavy atom. The SMILES string of the molecule is CCCn1c(N)c(C(=O)C[NH2+][C@@H](C)c2ccc(F)cc2F)c(=O)n(C)c1=O. The Bertz CT molecular complexity index is 982. The predicted octanol–water partition coefficient (Wildman–Crippen LogP) is 0.325. The first-order chi connectivity index (χ1) is 12.7. The largest absolute Gasteiger partial charge is 0.384 e. The minimum Gasteiger partial charge on any atom is -0.384 e. The zero-order valence-electron chi connectivity index (χ0n) is 15.5. The van der Waals surface area contributed by atoms with Gasteiger partial charge in [-0.3, -0.25) is 18.7 Å². The third-order valence-electron chi connectivity index (χ3n) is 4.42. The van der Waals surface area contributed by atoms with E-state index in [-0.39, 0.29) is 30.0 Å². The van der Waals surface area contributed by atoms with Crippen LogP contribution in [-0.2, 0) is 13.6 Å². The summed E-state index contributed by atoms with van der Waals surface area (Å²) in [5.74, 6) is -2.12. The molecule has 1 heterocycles. The second-order valence-electron chi connectivity index (χ2n) is 6.38. The van der Waals surface area contributed by atoms with Crippen LogP contribution in [0.25, 0.3) is 0 Å². The van der Waals surface area contributed by atoms with Gasteiger partial charge in [0.1, 0.15) is 35.6 Å². The van der Waals surface area contributed by atoms with Crippen LogP contribution in [0.4, 0.5) is 14.6 Å². The number of halogens is 2. The number of quaternary nitrogens is 1. The van der Waals surface area contributed by atoms with Gasteiger partial charge in [-0.25, -0.2) is 13.6 Å². The number of rotatable bonds is 7. The summed E-state index contributed by atoms with van der Waals surface area (Å²) in [5.41, 5.74) is 4.55. The summed E-state index contributed by atoms with van der Waals surface area (Å²) in [5, 5.41) is 1.52. The molecule has 2 rings (SSSR count). The third-order valence-corrected chi connectivity index (χ3v) is 4.42. The first kappa shape index (κ1) is 20.5. The number of nitrogens with two attached hydrogens (primary N) is 2. The number of carbonyl (C=O) groups is 1. The van der Waals surface area contributed by atoms with Crippen molar-refractivity contribution in [1.29, 1.82) is 0 Å². The van der Waals surface area contributed by atoms with Crippen molar-refractivity contribution in [3.05, 3.63) is 61.8 Å². The number of nitrogens with zero attached hydrogens (tertiary/aromatic N) is 2. The Balaban J connectivity index is 2.28. The number of hydrogen-bond acceptors (Lipinski definition) is 4. The summed E-state index contributed by atoms with van der Waals surface area (Å²) in [4.78, 5) is 37.1. The quantitative estimate of drug-likeness (QED) is 0.674. The molecule has 1 aromatic carbocycles. The minimum absolute atomic E-state index is 0.163. The van der Waals surface area contributed by atoms with Crippen molar-refractivity contribution >= 4 is 11.6 Å². The molecule has 0 saturated heterocycles. The van der Waals surface area contributed by atoms with E-state index < -0.39 is 34.7 Å². The molecule has 7 nitrogen and oxygen atoms in total. The molecule has 0 amide bonds. The molecule has 0 aliphatic carbocycles. The predicted molar refractivity (Wildman–Crippen MR) is 96.5 cm³/mol. The van der Waals surface area contributed by atoms with E-state index in [9.17, 15) is 23.2 Å². The molecule has 2 aromatic rings. The van der Waals surface area contributed by atoms with E-state index in [1.54, 1.807) is 6.92 Å². The van der Waals surface area contributed by atoms with E-state index in [4.69, 9.17) is 5.73 Å². The van der Waals surface area contributed by atoms with Gasteiger partial charge in [0.2, 0.25) is 5.78 Å². The number of aromatic nitrogens is 2. The van der Waals surface area contributed by atoms with Gasteiger partial charge in [0, 0.05) is 25.2 Å². The second-order valence-corrected chi connectivity index (χ2v) is 6.38. The van der Waals surface area contributed by atoms with Crippen LogP contribution in [-0.4, -0.2) is 21.5 Å². The van der Waals surface area contributed by atoms with E-state index in [1.807, 2.05) is 6.92 Å². The highest BCUT2D eigenvalue weighted by molar-refractivity contribution is 6.00. The minimum atomic E-state index is -0.760. The van der Waals surface area contributed by atoms with Crippen molar-refractivity contribution in [3.63, 3.8) is 0 Å². The van der Waals surface area contributed by atoms with Crippen molar-refractivity contribution in [2.24, 2.45) is 7.05 Å². The van der Waals surface area contributed by atoms with Crippen LogP contribution in [0.2, 0.25) is 0 Å². The number of anilines is 1. The van der Waals surface area contributed by atoms with Gasteiger partial charge < -0.3 is 11.1 Å². The normalized spacial score (nSPS) is 12.2. The van der Waals surface area contributed by atoms with E-state index in [1.165, 1.54) is 23.0 Å². The van der Waals surface area contributed by atoms with E-state index in [0.717, 1.165) is 16.7 Å². The maximum absolute atomic E-state index is 13.9. The highest BCUT2D eigenvalue weighted by Crippen LogP contribution is 2.14. The van der Waals surface area contributed by atoms with Gasteiger partial charge in [0.05, 0.1) is 0 Å². The van der Waals surface area contributed by atoms with E-state index in [2.05, 4.69) is 0 Å². The highest BCUT2D eigenvalue weighted by Gasteiger charge is 2.24. The zero-order valence-corrected chi connectivity index (χ0v) is 15.5. The molecule has 146 valence electrons. The molecule has 27 heavy (non-hydrogen) atoms. The summed E-state index contributed by atoms with van der Waals surface area (Å²) >= 11 is 0. The Morgan fingerprint density at radius 1 is 1.30 bits per heavy atom. The van der Waals surface area contributed by atoms with Gasteiger partial charge in [-0.05, 0) is 25.5 Å². The lowest BCUT2D eigenvalue weighted by Crippen LogP contribution is -2.86. The lowest BCUT2D eigenvalue weighted by Gasteiger charge is -2.15. The Hall–Kier alpha value is -2.81. The molecular formula is C18H23F2N4O3+. The molecule has 0 unspecified atom stereocenters. The monoisotopic (exact) mass is 381 g/mol. The van der Waals surface area contributed by atoms with Crippen LogP contribution in [0.5, 0.6) is 0 Å². The summed E-state index contributed by atoms with van der Waals surface area (Å²) < 4.78 is 28.9. The Morgan fingerprint density at radius 2 is 1.96 bits per heavy atom. The number of Topliss-reactive ketones (excluding diaryl/α,β-unsaturated/α-hetero) is 1. The lowest BCUT2D eigenvalue weighted by atomic mass is 10.1. The lowest BCUT2D eigenvalue weighted by molar-refractivity contribution is -0.681. The molecule has 1 aromatic heterocycles. The third kappa shape index (κ3) is 4.13. The molecule has 0 fully saturated rings. The first-order valence-corrected chi connectivity index (χ1v) is 8.59. The molecule has 0 radical (unpaired) electrons. The van der Waals surface area contributed by atoms with Crippen LogP contribution < -0.4 is 22.3 Å². The van der Waals surface area contributed by atoms with Gasteiger partial charge in [-0.15, -0.1) is 0 Å². The van der Waals surface area contributed by atoms with Crippen molar-refractivity contribution in [2.45, 2.75) is 32.9 Å². The van der Waals surface area contributed by atoms with E-state index in [0.29, 0.717) is 6.42 Å². The van der Waals surface area contributed by atoms with Gasteiger partial charge in [0.15, 0.2) is 0 Å². The molecule has 9 heteroatoms. The summed E-state index contributed by atoms with van der Waals surface area (Å²) in [6.45, 7) is 3.59. The van der Waals surface area contributed by atoms with Crippen molar-refractivity contribution in [3.8, 4) is 0 Å². The Labute approximate surface area is 154 Å². The molecule has 0 bridgehead atoms. The van der Waals surface area contributed by atoms with Crippen molar-refractivity contribution in [2.75, 3.05) is 12.3 Å². The van der Waals surface area contributed by atoms with Gasteiger partial charge in [-0.2, -0.15) is 0 Å². The fourth-order valence-corrected chi connectivity index (χ4v) is 2.87. The second kappa shape index (κ2) is 8.26. The summed E-state index contributed by atoms with van der Waals surface area (Å²) in [6, 6.07) is 2.74. The van der Waals surface area contributed by atoms with Crippen molar-refractivity contribution < 1.29 is 18.9 Å². The number of ketones is 1. The van der Waals surface area contributed by atoms with Crippen LogP contribution in [0.15, 0.2) is 27.8 Å². The number of hydrogen-bond donors (Lipinski definition) is 2. The number of nitrogen functional groups attached to an aromatic ring is 1. The zero-order chi connectivity index (χ0) is 20.3. The number of benzene rings is 1. The molecule has 0 spiro atoms. The maximum Gasteiger partial charge on any atom is 0.332 e. The molecule has 0 saturated carbocycles. The molecule has 1 atom stereocenters. The van der Waals surface area contributed by atoms with Gasteiger partial charge in [-0.1, -0.05) is 6.92 Å². The molecule has 0 aliphatic rings. The maximum atomic E-state index is 13.9. The topological polar surface area (TPSA) is 104 Å². The van der Waals surface area contributed by atoms with Gasteiger partial charge in [0.25, 0.3) is 5.56 Å². The number of carbonyl (C=O) groups excluding carboxylic acids is 1.